The van der Waals surface area contributed by atoms with Gasteiger partial charge in [-0.25, -0.2) is 4.79 Å². The maximum absolute atomic E-state index is 11.9. The Hall–Kier alpha value is -1.84. The first-order chi connectivity index (χ1) is 10.6. The van der Waals surface area contributed by atoms with Crippen LogP contribution >= 0.6 is 35.8 Å². The number of hydrogen-bond acceptors (Lipinski definition) is 6. The molecule has 0 aliphatic heterocycles. The van der Waals surface area contributed by atoms with Crippen LogP contribution < -0.4 is 10.6 Å². The number of aromatic nitrogens is 2. The van der Waals surface area contributed by atoms with Gasteiger partial charge in [0.05, 0.1) is 7.11 Å². The number of hydrogen-bond donors (Lipinski definition) is 3. The molecule has 0 aliphatic rings. The molecule has 1 aromatic carbocycles. The summed E-state index contributed by atoms with van der Waals surface area (Å²) in [5.41, 5.74) is 1.00. The van der Waals surface area contributed by atoms with E-state index in [-0.39, 0.29) is 11.1 Å². The van der Waals surface area contributed by atoms with Crippen LogP contribution in [0.5, 0.6) is 0 Å². The Bertz CT molecular complexity index is 699. The number of carbonyl (C=O) groups is 1. The summed E-state index contributed by atoms with van der Waals surface area (Å²) in [6, 6.07) is 9.04. The summed E-state index contributed by atoms with van der Waals surface area (Å²) in [5.74, 6) is -0.386. The molecular formula is C13H14N4O2S3. The number of rotatable bonds is 5. The second kappa shape index (κ2) is 7.97. The van der Waals surface area contributed by atoms with Crippen molar-refractivity contribution in [2.45, 2.75) is 12.5 Å². The second-order valence-corrected chi connectivity index (χ2v) is 6.36. The molecule has 0 radical (unpaired) electrons. The highest BCUT2D eigenvalue weighted by molar-refractivity contribution is 7.80. The SMILES string of the molecule is COC(=O)[C@H](Cc1ccccc1)NC(=S)Nc1n[nH]c(=S)s1. The van der Waals surface area contributed by atoms with E-state index >= 15 is 0 Å². The average molecular weight is 354 g/mol. The van der Waals surface area contributed by atoms with E-state index in [1.165, 1.54) is 18.4 Å². The van der Waals surface area contributed by atoms with E-state index in [1.54, 1.807) is 0 Å². The molecule has 0 fully saturated rings. The van der Waals surface area contributed by atoms with Crippen LogP contribution in [0.25, 0.3) is 0 Å². The smallest absolute Gasteiger partial charge is 0.328 e. The molecule has 3 N–H and O–H groups in total. The Labute approximate surface area is 141 Å². The molecule has 0 spiro atoms. The maximum Gasteiger partial charge on any atom is 0.328 e. The number of anilines is 1. The molecule has 9 heteroatoms. The van der Waals surface area contributed by atoms with Crippen LogP contribution in [0.3, 0.4) is 0 Å². The fourth-order valence-electron chi connectivity index (χ4n) is 1.76. The minimum absolute atomic E-state index is 0.282. The lowest BCUT2D eigenvalue weighted by atomic mass is 10.1. The Morgan fingerprint density at radius 3 is 2.77 bits per heavy atom. The number of ether oxygens (including phenoxy) is 1. The van der Waals surface area contributed by atoms with Crippen molar-refractivity contribution in [3.8, 4) is 0 Å². The number of esters is 1. The molecule has 0 amide bonds. The van der Waals surface area contributed by atoms with Crippen LogP contribution in [0.2, 0.25) is 0 Å². The third-order valence-electron chi connectivity index (χ3n) is 2.73. The van der Waals surface area contributed by atoms with Gasteiger partial charge in [-0.1, -0.05) is 41.7 Å². The Morgan fingerprint density at radius 1 is 1.45 bits per heavy atom. The first kappa shape index (κ1) is 16.5. The highest BCUT2D eigenvalue weighted by atomic mass is 32.1. The van der Waals surface area contributed by atoms with Gasteiger partial charge in [0.25, 0.3) is 0 Å². The van der Waals surface area contributed by atoms with Crippen LogP contribution in [0.15, 0.2) is 30.3 Å². The van der Waals surface area contributed by atoms with Crippen molar-refractivity contribution in [3.63, 3.8) is 0 Å². The van der Waals surface area contributed by atoms with Gasteiger partial charge < -0.3 is 15.4 Å². The van der Waals surface area contributed by atoms with Crippen LogP contribution in [0.1, 0.15) is 5.56 Å². The third kappa shape index (κ3) is 4.86. The van der Waals surface area contributed by atoms with Crippen LogP contribution in [-0.2, 0) is 16.0 Å². The Morgan fingerprint density at radius 2 is 2.18 bits per heavy atom. The van der Waals surface area contributed by atoms with Gasteiger partial charge in [-0.05, 0) is 30.0 Å². The largest absolute Gasteiger partial charge is 0.467 e. The second-order valence-electron chi connectivity index (χ2n) is 4.28. The molecule has 2 rings (SSSR count). The van der Waals surface area contributed by atoms with Gasteiger partial charge >= 0.3 is 5.97 Å². The van der Waals surface area contributed by atoms with E-state index in [1.807, 2.05) is 30.3 Å². The topological polar surface area (TPSA) is 79.0 Å². The molecule has 0 saturated heterocycles. The summed E-state index contributed by atoms with van der Waals surface area (Å²) in [6.07, 6.45) is 0.464. The number of benzene rings is 1. The molecule has 1 atom stereocenters. The zero-order chi connectivity index (χ0) is 15.9. The first-order valence-electron chi connectivity index (χ1n) is 6.33. The van der Waals surface area contributed by atoms with E-state index in [2.05, 4.69) is 20.8 Å². The van der Waals surface area contributed by atoms with E-state index in [9.17, 15) is 4.79 Å². The van der Waals surface area contributed by atoms with E-state index in [0.29, 0.717) is 15.5 Å². The van der Waals surface area contributed by atoms with E-state index in [0.717, 1.165) is 5.56 Å². The molecular weight excluding hydrogens is 340 g/mol. The molecule has 1 heterocycles. The highest BCUT2D eigenvalue weighted by Gasteiger charge is 2.20. The molecule has 6 nitrogen and oxygen atoms in total. The number of methoxy groups -OCH3 is 1. The molecule has 0 unspecified atom stereocenters. The van der Waals surface area contributed by atoms with Gasteiger partial charge in [-0.2, -0.15) is 0 Å². The zero-order valence-electron chi connectivity index (χ0n) is 11.7. The molecule has 116 valence electrons. The molecule has 0 aliphatic carbocycles. The normalized spacial score (nSPS) is 11.5. The lowest BCUT2D eigenvalue weighted by Crippen LogP contribution is -2.44. The van der Waals surface area contributed by atoms with E-state index < -0.39 is 6.04 Å². The van der Waals surface area contributed by atoms with Crippen LogP contribution in [0.4, 0.5) is 5.13 Å². The van der Waals surface area contributed by atoms with Gasteiger partial charge in [0.15, 0.2) is 9.07 Å². The van der Waals surface area contributed by atoms with Crippen molar-refractivity contribution >= 4 is 52.0 Å². The van der Waals surface area contributed by atoms with Crippen molar-refractivity contribution in [1.29, 1.82) is 0 Å². The highest BCUT2D eigenvalue weighted by Crippen LogP contribution is 2.11. The van der Waals surface area contributed by atoms with Gasteiger partial charge in [-0.15, -0.1) is 5.10 Å². The fourth-order valence-corrected chi connectivity index (χ4v) is 2.86. The molecule has 0 saturated carbocycles. The number of H-pyrrole nitrogens is 1. The summed E-state index contributed by atoms with van der Waals surface area (Å²) in [6.45, 7) is 0. The summed E-state index contributed by atoms with van der Waals surface area (Å²) in [5, 5.41) is 13.2. The fraction of sp³-hybridized carbons (Fsp3) is 0.231. The van der Waals surface area contributed by atoms with Gasteiger partial charge in [0.2, 0.25) is 5.13 Å². The quantitative estimate of drug-likeness (QED) is 0.561. The number of nitrogens with one attached hydrogen (secondary N) is 3. The minimum Gasteiger partial charge on any atom is -0.467 e. The minimum atomic E-state index is -0.584. The first-order valence-corrected chi connectivity index (χ1v) is 7.96. The summed E-state index contributed by atoms with van der Waals surface area (Å²) < 4.78 is 5.36. The van der Waals surface area contributed by atoms with Crippen molar-refractivity contribution in [2.24, 2.45) is 0 Å². The predicted molar refractivity (Wildman–Crippen MR) is 92.6 cm³/mol. The summed E-state index contributed by atoms with van der Waals surface area (Å²) >= 11 is 11.4. The van der Waals surface area contributed by atoms with Crippen molar-refractivity contribution in [1.82, 2.24) is 15.5 Å². The lowest BCUT2D eigenvalue weighted by molar-refractivity contribution is -0.142. The average Bonchev–Trinajstić information content (AvgIpc) is 2.91. The summed E-state index contributed by atoms with van der Waals surface area (Å²) in [4.78, 5) is 11.9. The van der Waals surface area contributed by atoms with Crippen molar-refractivity contribution < 1.29 is 9.53 Å². The molecule has 22 heavy (non-hydrogen) atoms. The number of nitrogens with zero attached hydrogens (tertiary/aromatic N) is 1. The zero-order valence-corrected chi connectivity index (χ0v) is 14.1. The van der Waals surface area contributed by atoms with Gasteiger partial charge in [0.1, 0.15) is 6.04 Å². The van der Waals surface area contributed by atoms with Crippen molar-refractivity contribution in [3.05, 3.63) is 39.8 Å². The maximum atomic E-state index is 11.9. The van der Waals surface area contributed by atoms with E-state index in [4.69, 9.17) is 29.2 Å². The number of thiocarbonyl (C=S) groups is 1. The van der Waals surface area contributed by atoms with Crippen LogP contribution in [0, 0.1) is 3.95 Å². The van der Waals surface area contributed by atoms with Crippen LogP contribution in [-0.4, -0.2) is 34.4 Å². The Kier molecular flexibility index (Phi) is 5.99. The summed E-state index contributed by atoms with van der Waals surface area (Å²) in [7, 11) is 1.34. The number of aromatic amines is 1. The molecule has 0 bridgehead atoms. The van der Waals surface area contributed by atoms with Gasteiger partial charge in [0, 0.05) is 6.42 Å². The standard InChI is InChI=1S/C13H14N4O2S3/c1-19-10(18)9(7-8-5-3-2-4-6-8)14-11(20)15-12-16-17-13(21)22-12/h2-6,9H,7H2,1H3,(H,17,21)(H2,14,15,16,20)/t9-/m0/s1. The number of carbonyl (C=O) groups excluding carboxylic acids is 1. The molecule has 2 aromatic rings. The predicted octanol–water partition coefficient (Wildman–Crippen LogP) is 2.27. The van der Waals surface area contributed by atoms with Crippen molar-refractivity contribution in [2.75, 3.05) is 12.4 Å². The Balaban J connectivity index is 2.01. The third-order valence-corrected chi connectivity index (χ3v) is 3.96. The lowest BCUT2D eigenvalue weighted by Gasteiger charge is -2.18. The van der Waals surface area contributed by atoms with Gasteiger partial charge in [-0.3, -0.25) is 5.10 Å². The monoisotopic (exact) mass is 354 g/mol. The molecule has 1 aromatic heterocycles.